The van der Waals surface area contributed by atoms with Crippen LogP contribution >= 0.6 is 0 Å². The SMILES string of the molecule is CC(C)(C)CCN1CCOCC1.CC(C)(C)Cc1ccc(F)cc1.CC(C)(C)Cc1ccccc1.CC(C)(C)Cc1ccccn1.CC(C)(C)Cc1ncccn1.CC1CCC(C(C)(C)C)CC1.Cc1cnc(CC(C)(C)C)nc1. The predicted octanol–water partition coefficient (Wildman–Crippen LogP) is 19.4. The first kappa shape index (κ1) is 73.6. The monoisotopic (exact) mass is 1100 g/mol. The largest absolute Gasteiger partial charge is 0.379 e. The van der Waals surface area contributed by atoms with Crippen LogP contribution in [0, 0.1) is 62.5 Å². The van der Waals surface area contributed by atoms with Crippen LogP contribution in [-0.4, -0.2) is 62.7 Å². The average molecular weight is 1100 g/mol. The molecule has 3 aromatic heterocycles. The summed E-state index contributed by atoms with van der Waals surface area (Å²) in [4.78, 5) is 23.6. The summed E-state index contributed by atoms with van der Waals surface area (Å²) in [6.45, 7) is 56.9. The van der Waals surface area contributed by atoms with Crippen LogP contribution in [0.15, 0.2) is 110 Å². The van der Waals surface area contributed by atoms with Gasteiger partial charge in [-0.15, -0.1) is 0 Å². The summed E-state index contributed by atoms with van der Waals surface area (Å²) < 4.78 is 17.8. The Labute approximate surface area is 492 Å². The van der Waals surface area contributed by atoms with Gasteiger partial charge in [-0.2, -0.15) is 0 Å². The van der Waals surface area contributed by atoms with Crippen LogP contribution in [0.4, 0.5) is 4.39 Å². The van der Waals surface area contributed by atoms with Crippen LogP contribution in [-0.2, 0) is 36.8 Å². The molecule has 1 aliphatic carbocycles. The van der Waals surface area contributed by atoms with Gasteiger partial charge in [-0.1, -0.05) is 214 Å². The number of halogens is 1. The fourth-order valence-electron chi connectivity index (χ4n) is 8.79. The fourth-order valence-corrected chi connectivity index (χ4v) is 8.79. The normalized spacial score (nSPS) is 16.1. The maximum atomic E-state index is 12.5. The van der Waals surface area contributed by atoms with Crippen molar-refractivity contribution in [3.63, 3.8) is 0 Å². The van der Waals surface area contributed by atoms with E-state index in [4.69, 9.17) is 4.74 Å². The first-order valence-corrected chi connectivity index (χ1v) is 30.3. The second-order valence-electron chi connectivity index (χ2n) is 31.0. The lowest BCUT2D eigenvalue weighted by atomic mass is 9.70. The van der Waals surface area contributed by atoms with Crippen molar-refractivity contribution in [2.75, 3.05) is 32.8 Å². The van der Waals surface area contributed by atoms with Gasteiger partial charge < -0.3 is 4.74 Å². The summed E-state index contributed by atoms with van der Waals surface area (Å²) in [5.74, 6) is 3.69. The van der Waals surface area contributed by atoms with Crippen molar-refractivity contribution in [3.8, 4) is 0 Å². The third-order valence-electron chi connectivity index (χ3n) is 13.0. The number of aromatic nitrogens is 5. The molecule has 2 aromatic carbocycles. The van der Waals surface area contributed by atoms with Crippen LogP contribution < -0.4 is 0 Å². The number of morpholine rings is 1. The van der Waals surface area contributed by atoms with Gasteiger partial charge >= 0.3 is 0 Å². The molecule has 4 heterocycles. The highest BCUT2D eigenvalue weighted by Gasteiger charge is 2.28. The van der Waals surface area contributed by atoms with E-state index in [2.05, 4.69) is 219 Å². The lowest BCUT2D eigenvalue weighted by molar-refractivity contribution is 0.0333. The number of hydrogen-bond acceptors (Lipinski definition) is 7. The molecule has 450 valence electrons. The van der Waals surface area contributed by atoms with Gasteiger partial charge in [-0.05, 0) is 149 Å². The third kappa shape index (κ3) is 43.3. The van der Waals surface area contributed by atoms with E-state index in [1.807, 2.05) is 55.8 Å². The van der Waals surface area contributed by atoms with E-state index in [-0.39, 0.29) is 22.1 Å². The van der Waals surface area contributed by atoms with Crippen LogP contribution in [0.3, 0.4) is 0 Å². The average Bonchev–Trinajstić information content (AvgIpc) is 3.32. The number of nitrogens with zero attached hydrogens (tertiary/aromatic N) is 6. The molecule has 1 saturated carbocycles. The Kier molecular flexibility index (Phi) is 32.7. The predicted molar refractivity (Wildman–Crippen MR) is 344 cm³/mol. The molecule has 7 rings (SSSR count). The quantitative estimate of drug-likeness (QED) is 0.161. The molecule has 0 N–H and O–H groups in total. The van der Waals surface area contributed by atoms with E-state index in [0.717, 1.165) is 87.5 Å². The number of rotatable bonds is 7. The van der Waals surface area contributed by atoms with Crippen molar-refractivity contribution >= 4 is 0 Å². The Morgan fingerprint density at radius 2 is 0.887 bits per heavy atom. The van der Waals surface area contributed by atoms with Gasteiger partial charge in [0, 0.05) is 62.6 Å². The fraction of sp³-hybridized carbons (Fsp3) is 0.653. The third-order valence-corrected chi connectivity index (χ3v) is 13.0. The molecule has 0 spiro atoms. The zero-order valence-corrected chi connectivity index (χ0v) is 55.6. The minimum absolute atomic E-state index is 0.160. The van der Waals surface area contributed by atoms with Gasteiger partial charge in [-0.3, -0.25) is 9.88 Å². The Bertz CT molecular complexity index is 2090. The molecule has 0 amide bonds. The summed E-state index contributed by atoms with van der Waals surface area (Å²) in [6, 6.07) is 25.3. The van der Waals surface area contributed by atoms with Gasteiger partial charge in [0.25, 0.3) is 0 Å². The highest BCUT2D eigenvalue weighted by Crippen LogP contribution is 2.39. The van der Waals surface area contributed by atoms with Crippen LogP contribution in [0.1, 0.15) is 218 Å². The van der Waals surface area contributed by atoms with Gasteiger partial charge in [-0.25, -0.2) is 24.3 Å². The van der Waals surface area contributed by atoms with Crippen LogP contribution in [0.25, 0.3) is 0 Å². The van der Waals surface area contributed by atoms with Crippen molar-refractivity contribution < 1.29 is 9.13 Å². The summed E-state index contributed by atoms with van der Waals surface area (Å²) in [5.41, 5.74) is 7.53. The molecule has 1 aliphatic heterocycles. The maximum Gasteiger partial charge on any atom is 0.128 e. The molecule has 0 unspecified atom stereocenters. The van der Waals surface area contributed by atoms with Gasteiger partial charge in [0.1, 0.15) is 17.5 Å². The lowest BCUT2D eigenvalue weighted by Crippen LogP contribution is -2.37. The van der Waals surface area contributed by atoms with Crippen molar-refractivity contribution in [1.29, 1.82) is 0 Å². The summed E-state index contributed by atoms with van der Waals surface area (Å²) in [5, 5.41) is 0. The molecule has 80 heavy (non-hydrogen) atoms. The van der Waals surface area contributed by atoms with E-state index in [0.29, 0.717) is 21.7 Å². The van der Waals surface area contributed by atoms with Crippen molar-refractivity contribution in [2.45, 2.75) is 223 Å². The first-order valence-electron chi connectivity index (χ1n) is 30.3. The van der Waals surface area contributed by atoms with Crippen LogP contribution in [0.5, 0.6) is 0 Å². The van der Waals surface area contributed by atoms with Gasteiger partial charge in [0.05, 0.1) is 13.2 Å². The molecule has 5 aromatic rings. The highest BCUT2D eigenvalue weighted by atomic mass is 19.1. The molecule has 1 saturated heterocycles. The maximum absolute atomic E-state index is 12.5. The van der Waals surface area contributed by atoms with Gasteiger partial charge in [0.15, 0.2) is 0 Å². The Hall–Kier alpha value is -4.40. The zero-order chi connectivity index (χ0) is 60.9. The standard InChI is InChI=1S/C11H15F.C11H22.C11H16.C10H16N2.C10H21NO.C10H15N.C9H14N2/c1-11(2,3)8-9-4-6-10(12)7-5-9;1-9-5-7-10(8-6-9)11(2,3)4;1-11(2,3)9-10-7-5-4-6-8-10;1-8-6-11-9(12-7-8)5-10(2,3)4;1-10(2,3)4-5-11-6-8-12-9-7-11;1-10(2,3)8-9-6-4-5-7-11-9;1-9(2,3)7-8-10-5-4-6-11-8/h4-7H,8H2,1-3H3;9-10H,5-8H2,1-4H3;4-8H,9H2,1-3H3;6-7H,5H2,1-4H3;4-9H2,1-3H3;4-7H,8H2,1-3H3;4-6H,7H2,1-3H3. The zero-order valence-electron chi connectivity index (χ0n) is 55.6. The molecule has 8 heteroatoms. The highest BCUT2D eigenvalue weighted by molar-refractivity contribution is 5.17. The van der Waals surface area contributed by atoms with E-state index in [1.54, 1.807) is 12.4 Å². The molecular formula is C72H119FN6O. The minimum Gasteiger partial charge on any atom is -0.379 e. The molecule has 0 bridgehead atoms. The topological polar surface area (TPSA) is 76.9 Å². The van der Waals surface area contributed by atoms with E-state index in [1.165, 1.54) is 67.6 Å². The number of aryl methyl sites for hydroxylation is 1. The number of pyridine rings is 1. The second-order valence-corrected chi connectivity index (χ2v) is 31.0. The molecule has 7 nitrogen and oxygen atoms in total. The van der Waals surface area contributed by atoms with Crippen molar-refractivity contribution in [2.24, 2.45) is 49.7 Å². The molecule has 0 radical (unpaired) electrons. The number of benzene rings is 2. The summed E-state index contributed by atoms with van der Waals surface area (Å²) in [6.07, 6.45) is 21.4. The molecule has 0 atom stereocenters. The lowest BCUT2D eigenvalue weighted by Gasteiger charge is -2.35. The molecule has 2 fully saturated rings. The minimum atomic E-state index is -0.160. The number of hydrogen-bond donors (Lipinski definition) is 0. The molecular weight excluding hydrogens is 984 g/mol. The molecule has 2 aliphatic rings. The first-order chi connectivity index (χ1) is 36.8. The second kappa shape index (κ2) is 35.6. The van der Waals surface area contributed by atoms with E-state index >= 15 is 0 Å². The van der Waals surface area contributed by atoms with E-state index in [9.17, 15) is 4.39 Å². The van der Waals surface area contributed by atoms with Crippen molar-refractivity contribution in [3.05, 3.63) is 150 Å². The van der Waals surface area contributed by atoms with Crippen molar-refractivity contribution in [1.82, 2.24) is 29.8 Å². The van der Waals surface area contributed by atoms with E-state index < -0.39 is 0 Å². The summed E-state index contributed by atoms with van der Waals surface area (Å²) in [7, 11) is 0. The van der Waals surface area contributed by atoms with Crippen LogP contribution in [0.2, 0.25) is 0 Å². The Morgan fingerprint density at radius 1 is 0.463 bits per heavy atom. The Balaban J connectivity index is 0.000000467. The smallest absolute Gasteiger partial charge is 0.128 e. The summed E-state index contributed by atoms with van der Waals surface area (Å²) >= 11 is 0. The number of ether oxygens (including phenoxy) is 1. The Morgan fingerprint density at radius 3 is 1.30 bits per heavy atom. The van der Waals surface area contributed by atoms with Gasteiger partial charge in [0.2, 0.25) is 0 Å².